The molecule has 0 bridgehead atoms. The highest BCUT2D eigenvalue weighted by molar-refractivity contribution is 7.80. The number of hydrogen-bond acceptors (Lipinski definition) is 4. The number of carbonyl (C=O) groups excluding carboxylic acids is 2. The first kappa shape index (κ1) is 24.9. The average molecular weight is 476 g/mol. The van der Waals surface area contributed by atoms with Crippen LogP contribution in [0.4, 0.5) is 5.69 Å². The molecule has 0 saturated carbocycles. The molecular weight excluding hydrogens is 446 g/mol. The summed E-state index contributed by atoms with van der Waals surface area (Å²) >= 11 is 5.25. The number of nitrogens with one attached hydrogen (secondary N) is 3. The van der Waals surface area contributed by atoms with Crippen LogP contribution in [0.5, 0.6) is 5.75 Å². The van der Waals surface area contributed by atoms with Crippen LogP contribution in [0.1, 0.15) is 46.5 Å². The van der Waals surface area contributed by atoms with E-state index >= 15 is 0 Å². The third kappa shape index (κ3) is 7.71. The first-order valence-corrected chi connectivity index (χ1v) is 11.7. The number of amides is 2. The molecule has 3 aromatic rings. The van der Waals surface area contributed by atoms with Gasteiger partial charge in [0.2, 0.25) is 0 Å². The third-order valence-corrected chi connectivity index (χ3v) is 5.44. The van der Waals surface area contributed by atoms with Crippen molar-refractivity contribution in [3.05, 3.63) is 95.6 Å². The first-order valence-electron chi connectivity index (χ1n) is 11.2. The van der Waals surface area contributed by atoms with Crippen molar-refractivity contribution in [1.82, 2.24) is 10.6 Å². The van der Waals surface area contributed by atoms with E-state index in [2.05, 4.69) is 28.1 Å². The number of carbonyl (C=O) groups is 2. The SMILES string of the molecule is CCC(C)NC(=O)c1ccc(NC(=S)NC(=O)c2ccc(OCCc3ccccc3)cc2)cc1. The fraction of sp³-hybridized carbons (Fsp3) is 0.222. The van der Waals surface area contributed by atoms with Crippen LogP contribution in [-0.2, 0) is 6.42 Å². The molecule has 0 fully saturated rings. The van der Waals surface area contributed by atoms with E-state index in [4.69, 9.17) is 17.0 Å². The Labute approximate surface area is 205 Å². The first-order chi connectivity index (χ1) is 16.4. The van der Waals surface area contributed by atoms with Crippen LogP contribution in [-0.4, -0.2) is 29.6 Å². The van der Waals surface area contributed by atoms with Crippen LogP contribution in [0.25, 0.3) is 0 Å². The summed E-state index contributed by atoms with van der Waals surface area (Å²) in [4.78, 5) is 24.7. The molecule has 34 heavy (non-hydrogen) atoms. The van der Waals surface area contributed by atoms with Gasteiger partial charge < -0.3 is 15.4 Å². The molecule has 3 aromatic carbocycles. The smallest absolute Gasteiger partial charge is 0.257 e. The maximum absolute atomic E-state index is 12.5. The van der Waals surface area contributed by atoms with Crippen molar-refractivity contribution in [3.8, 4) is 5.75 Å². The van der Waals surface area contributed by atoms with Crippen molar-refractivity contribution in [2.75, 3.05) is 11.9 Å². The van der Waals surface area contributed by atoms with Gasteiger partial charge in [0, 0.05) is 29.3 Å². The van der Waals surface area contributed by atoms with Gasteiger partial charge in [-0.2, -0.15) is 0 Å². The fourth-order valence-corrected chi connectivity index (χ4v) is 3.30. The largest absolute Gasteiger partial charge is 0.493 e. The lowest BCUT2D eigenvalue weighted by atomic mass is 10.1. The van der Waals surface area contributed by atoms with Crippen molar-refractivity contribution in [2.24, 2.45) is 0 Å². The Hall–Kier alpha value is -3.71. The Balaban J connectivity index is 1.45. The van der Waals surface area contributed by atoms with Crippen LogP contribution < -0.4 is 20.7 Å². The maximum Gasteiger partial charge on any atom is 0.257 e. The Morgan fingerprint density at radius 3 is 2.15 bits per heavy atom. The van der Waals surface area contributed by atoms with Gasteiger partial charge >= 0.3 is 0 Å². The van der Waals surface area contributed by atoms with Gasteiger partial charge in [0.25, 0.3) is 11.8 Å². The zero-order valence-electron chi connectivity index (χ0n) is 19.3. The predicted molar refractivity (Wildman–Crippen MR) is 139 cm³/mol. The van der Waals surface area contributed by atoms with Crippen LogP contribution >= 0.6 is 12.2 Å². The molecule has 1 unspecified atom stereocenters. The molecule has 6 nitrogen and oxygen atoms in total. The molecule has 2 amide bonds. The summed E-state index contributed by atoms with van der Waals surface area (Å²) in [5.74, 6) is 0.257. The number of hydrogen-bond donors (Lipinski definition) is 3. The van der Waals surface area contributed by atoms with Crippen molar-refractivity contribution in [1.29, 1.82) is 0 Å². The second kappa shape index (κ2) is 12.5. The summed E-state index contributed by atoms with van der Waals surface area (Å²) in [6.07, 6.45) is 1.68. The molecule has 0 radical (unpaired) electrons. The molecule has 7 heteroatoms. The van der Waals surface area contributed by atoms with Gasteiger partial charge in [-0.3, -0.25) is 14.9 Å². The van der Waals surface area contributed by atoms with E-state index in [9.17, 15) is 9.59 Å². The van der Waals surface area contributed by atoms with Crippen molar-refractivity contribution >= 4 is 34.8 Å². The summed E-state index contributed by atoms with van der Waals surface area (Å²) in [7, 11) is 0. The number of anilines is 1. The minimum atomic E-state index is -0.321. The van der Waals surface area contributed by atoms with Gasteiger partial charge in [-0.1, -0.05) is 37.3 Å². The van der Waals surface area contributed by atoms with Gasteiger partial charge in [0.1, 0.15) is 5.75 Å². The molecular formula is C27H29N3O3S. The minimum absolute atomic E-state index is 0.114. The molecule has 0 aliphatic heterocycles. The van der Waals surface area contributed by atoms with Gasteiger partial charge in [-0.05, 0) is 79.7 Å². The quantitative estimate of drug-likeness (QED) is 0.381. The number of ether oxygens (including phenoxy) is 1. The highest BCUT2D eigenvalue weighted by Crippen LogP contribution is 2.14. The highest BCUT2D eigenvalue weighted by atomic mass is 32.1. The molecule has 3 rings (SSSR count). The van der Waals surface area contributed by atoms with Gasteiger partial charge in [0.05, 0.1) is 6.61 Å². The molecule has 3 N–H and O–H groups in total. The second-order valence-corrected chi connectivity index (χ2v) is 8.29. The van der Waals surface area contributed by atoms with Crippen LogP contribution in [0, 0.1) is 0 Å². The molecule has 0 saturated heterocycles. The monoisotopic (exact) mass is 475 g/mol. The zero-order valence-corrected chi connectivity index (χ0v) is 20.2. The third-order valence-electron chi connectivity index (χ3n) is 5.24. The number of thiocarbonyl (C=S) groups is 1. The summed E-state index contributed by atoms with van der Waals surface area (Å²) in [5.41, 5.74) is 2.92. The van der Waals surface area contributed by atoms with E-state index in [0.717, 1.165) is 12.8 Å². The Morgan fingerprint density at radius 2 is 1.50 bits per heavy atom. The van der Waals surface area contributed by atoms with Gasteiger partial charge in [-0.25, -0.2) is 0 Å². The summed E-state index contributed by atoms with van der Waals surface area (Å²) in [6.45, 7) is 4.53. The van der Waals surface area contributed by atoms with Crippen molar-refractivity contribution < 1.29 is 14.3 Å². The molecule has 0 aliphatic rings. The molecule has 0 aromatic heterocycles. The van der Waals surface area contributed by atoms with E-state index in [1.807, 2.05) is 32.0 Å². The summed E-state index contributed by atoms with van der Waals surface area (Å²) in [5, 5.41) is 8.71. The minimum Gasteiger partial charge on any atom is -0.493 e. The fourth-order valence-electron chi connectivity index (χ4n) is 3.09. The normalized spacial score (nSPS) is 11.2. The molecule has 0 aliphatic carbocycles. The van der Waals surface area contributed by atoms with Gasteiger partial charge in [0.15, 0.2) is 5.11 Å². The lowest BCUT2D eigenvalue weighted by Crippen LogP contribution is -2.34. The van der Waals surface area contributed by atoms with E-state index in [1.54, 1.807) is 48.5 Å². The zero-order chi connectivity index (χ0) is 24.3. The van der Waals surface area contributed by atoms with Crippen molar-refractivity contribution in [3.63, 3.8) is 0 Å². The Morgan fingerprint density at radius 1 is 0.882 bits per heavy atom. The highest BCUT2D eigenvalue weighted by Gasteiger charge is 2.10. The van der Waals surface area contributed by atoms with Crippen LogP contribution in [0.3, 0.4) is 0 Å². The Bertz CT molecular complexity index is 1100. The summed E-state index contributed by atoms with van der Waals surface area (Å²) in [6, 6.07) is 24.1. The molecule has 176 valence electrons. The predicted octanol–water partition coefficient (Wildman–Crippen LogP) is 4.96. The second-order valence-electron chi connectivity index (χ2n) is 7.88. The number of rotatable bonds is 9. The standard InChI is InChI=1S/C27H29N3O3S/c1-3-19(2)28-25(31)21-9-13-23(14-10-21)29-27(34)30-26(32)22-11-15-24(16-12-22)33-18-17-20-7-5-4-6-8-20/h4-16,19H,3,17-18H2,1-2H3,(H,28,31)(H2,29,30,32,34). The lowest BCUT2D eigenvalue weighted by molar-refractivity contribution is 0.0937. The topological polar surface area (TPSA) is 79.5 Å². The van der Waals surface area contributed by atoms with E-state index < -0.39 is 0 Å². The molecule has 0 spiro atoms. The molecule has 1 atom stereocenters. The van der Waals surface area contributed by atoms with E-state index in [-0.39, 0.29) is 23.0 Å². The van der Waals surface area contributed by atoms with Crippen molar-refractivity contribution in [2.45, 2.75) is 32.7 Å². The average Bonchev–Trinajstić information content (AvgIpc) is 2.85. The maximum atomic E-state index is 12.5. The Kier molecular flexibility index (Phi) is 9.17. The van der Waals surface area contributed by atoms with Crippen LogP contribution in [0.15, 0.2) is 78.9 Å². The summed E-state index contributed by atoms with van der Waals surface area (Å²) < 4.78 is 5.76. The molecule has 0 heterocycles. The van der Waals surface area contributed by atoms with E-state index in [1.165, 1.54) is 5.56 Å². The van der Waals surface area contributed by atoms with Crippen LogP contribution in [0.2, 0.25) is 0 Å². The number of benzene rings is 3. The lowest BCUT2D eigenvalue weighted by Gasteiger charge is -2.13. The van der Waals surface area contributed by atoms with Gasteiger partial charge in [-0.15, -0.1) is 0 Å². The van der Waals surface area contributed by atoms with E-state index in [0.29, 0.717) is 29.2 Å².